The Morgan fingerprint density at radius 2 is 1.12 bits per heavy atom. The Labute approximate surface area is 470 Å². The molecule has 0 spiro atoms. The minimum Gasteiger partial charge on any atom is -0.496 e. The fourth-order valence-electron chi connectivity index (χ4n) is 13.0. The number of carboxylic acids is 4. The van der Waals surface area contributed by atoms with E-state index >= 15 is 0 Å². The third-order valence-electron chi connectivity index (χ3n) is 17.0. The molecule has 22 nitrogen and oxygen atoms in total. The third-order valence-corrected chi connectivity index (χ3v) is 17.0. The lowest BCUT2D eigenvalue weighted by atomic mass is 9.48. The van der Waals surface area contributed by atoms with Gasteiger partial charge in [-0.05, 0) is 144 Å². The first-order chi connectivity index (χ1) is 38.2. The molecule has 8 rings (SSSR count). The van der Waals surface area contributed by atoms with Gasteiger partial charge in [0, 0.05) is 72.5 Å². The number of ether oxygens (including phenoxy) is 2. The van der Waals surface area contributed by atoms with E-state index in [1.54, 1.807) is 51.6 Å². The normalized spacial score (nSPS) is 22.3. The molecule has 5 fully saturated rings. The third kappa shape index (κ3) is 15.6. The quantitative estimate of drug-likeness (QED) is 0.0767. The van der Waals surface area contributed by atoms with E-state index in [0.29, 0.717) is 100 Å². The van der Waals surface area contributed by atoms with Gasteiger partial charge in [-0.3, -0.25) is 43.6 Å². The summed E-state index contributed by atoms with van der Waals surface area (Å²) >= 11 is 0. The standard InChI is InChI=1S/C58H86N10O12/c1-39(2)45-32-40(13-14-47(45)68-48(55-49(79-6)11-8-12-50(55)80-7)33-46(60-68)56(76)59-58(57(77)78)43-28-41-27-42(30-43)31-44(58)29-41)34-62(4)17-9-15-61(3)16-10-18-63(5)51(69)35-64-19-21-65(36-52(70)71)23-25-67(38-54(74)75)26-24-66(22-20-64)37-53(72)73/h8,11-14,32-33,39,41-44H,9-10,15-31,34-38H2,1-7H3,(H,59,76)(H,70,71)(H,72,73)(H,74,75)(H,77,78). The lowest BCUT2D eigenvalue weighted by Crippen LogP contribution is -2.70. The number of rotatable bonds is 26. The van der Waals surface area contributed by atoms with Crippen molar-refractivity contribution in [3.8, 4) is 28.4 Å². The molecule has 4 saturated carbocycles. The average Bonchev–Trinajstić information content (AvgIpc) is 4.01. The topological polar surface area (TPSA) is 254 Å². The second-order valence-electron chi connectivity index (χ2n) is 23.2. The fourth-order valence-corrected chi connectivity index (χ4v) is 13.0. The number of carbonyl (C=O) groups is 6. The molecule has 5 N–H and O–H groups in total. The predicted octanol–water partition coefficient (Wildman–Crippen LogP) is 3.77. The van der Waals surface area contributed by atoms with Crippen LogP contribution < -0.4 is 14.8 Å². The minimum absolute atomic E-state index is 0.0623. The van der Waals surface area contributed by atoms with Crippen molar-refractivity contribution in [3.63, 3.8) is 0 Å². The van der Waals surface area contributed by atoms with E-state index in [4.69, 9.17) is 14.6 Å². The maximum absolute atomic E-state index is 14.5. The van der Waals surface area contributed by atoms with Crippen LogP contribution in [0.3, 0.4) is 0 Å². The molecule has 4 bridgehead atoms. The zero-order valence-electron chi connectivity index (χ0n) is 48.0. The summed E-state index contributed by atoms with van der Waals surface area (Å²) in [6.45, 7) is 9.99. The van der Waals surface area contributed by atoms with Crippen LogP contribution in [0.2, 0.25) is 0 Å². The molecule has 22 heteroatoms. The van der Waals surface area contributed by atoms with Crippen LogP contribution in [0.15, 0.2) is 42.5 Å². The van der Waals surface area contributed by atoms with Crippen molar-refractivity contribution < 1.29 is 58.7 Å². The van der Waals surface area contributed by atoms with Crippen molar-refractivity contribution >= 4 is 35.7 Å². The van der Waals surface area contributed by atoms with Gasteiger partial charge in [0.05, 0.1) is 57.3 Å². The summed E-state index contributed by atoms with van der Waals surface area (Å²) < 4.78 is 13.5. The highest BCUT2D eigenvalue weighted by Gasteiger charge is 2.62. The summed E-state index contributed by atoms with van der Waals surface area (Å²) in [6, 6.07) is 13.5. The molecule has 1 aliphatic heterocycles. The van der Waals surface area contributed by atoms with Crippen molar-refractivity contribution in [1.82, 2.24) is 49.4 Å². The molecular formula is C58H86N10O12. The fraction of sp³-hybridized carbons (Fsp3) is 0.638. The molecule has 1 saturated heterocycles. The first-order valence-corrected chi connectivity index (χ1v) is 28.3. The Balaban J connectivity index is 0.947. The van der Waals surface area contributed by atoms with Gasteiger partial charge in [-0.1, -0.05) is 32.0 Å². The predicted molar refractivity (Wildman–Crippen MR) is 300 cm³/mol. The summed E-state index contributed by atoms with van der Waals surface area (Å²) in [6.07, 6.45) is 6.06. The summed E-state index contributed by atoms with van der Waals surface area (Å²) in [5.41, 5.74) is 2.87. The largest absolute Gasteiger partial charge is 0.496 e. The monoisotopic (exact) mass is 1110 g/mol. The molecule has 1 aromatic heterocycles. The summed E-state index contributed by atoms with van der Waals surface area (Å²) in [5, 5.41) is 47.6. The summed E-state index contributed by atoms with van der Waals surface area (Å²) in [7, 11) is 9.12. The zero-order valence-corrected chi connectivity index (χ0v) is 48.0. The number of benzene rings is 2. The average molecular weight is 1120 g/mol. The maximum atomic E-state index is 14.5. The van der Waals surface area contributed by atoms with Crippen molar-refractivity contribution in [1.29, 1.82) is 0 Å². The number of hydrogen-bond donors (Lipinski definition) is 5. The van der Waals surface area contributed by atoms with Gasteiger partial charge in [-0.15, -0.1) is 0 Å². The molecule has 0 radical (unpaired) electrons. The van der Waals surface area contributed by atoms with E-state index in [2.05, 4.69) is 55.2 Å². The number of likely N-dealkylation sites (N-methyl/N-ethyl adjacent to an activating group) is 1. The molecule has 4 aliphatic carbocycles. The van der Waals surface area contributed by atoms with Crippen molar-refractivity contribution in [2.24, 2.45) is 23.7 Å². The van der Waals surface area contributed by atoms with Gasteiger partial charge in [0.15, 0.2) is 5.69 Å². The molecule has 2 heterocycles. The van der Waals surface area contributed by atoms with E-state index in [0.717, 1.165) is 81.4 Å². The number of carboxylic acid groups (broad SMARTS) is 4. The Bertz CT molecular complexity index is 2560. The molecule has 0 atom stereocenters. The Hall–Kier alpha value is -6.17. The van der Waals surface area contributed by atoms with Crippen LogP contribution in [0.25, 0.3) is 16.9 Å². The number of methoxy groups -OCH3 is 2. The number of hydrogen-bond acceptors (Lipinski definition) is 15. The molecule has 5 aliphatic rings. The van der Waals surface area contributed by atoms with Gasteiger partial charge in [-0.2, -0.15) is 5.10 Å². The van der Waals surface area contributed by atoms with Crippen LogP contribution >= 0.6 is 0 Å². The second kappa shape index (κ2) is 28.0. The lowest BCUT2D eigenvalue weighted by molar-refractivity contribution is -0.163. The van der Waals surface area contributed by atoms with Crippen LogP contribution in [0.1, 0.15) is 86.3 Å². The number of amides is 2. The summed E-state index contributed by atoms with van der Waals surface area (Å²) in [4.78, 5) is 89.8. The van der Waals surface area contributed by atoms with Crippen LogP contribution in [0.5, 0.6) is 11.5 Å². The van der Waals surface area contributed by atoms with Gasteiger partial charge in [0.1, 0.15) is 17.0 Å². The van der Waals surface area contributed by atoms with Gasteiger partial charge < -0.3 is 49.9 Å². The highest BCUT2D eigenvalue weighted by atomic mass is 16.5. The van der Waals surface area contributed by atoms with Gasteiger partial charge in [0.25, 0.3) is 5.91 Å². The van der Waals surface area contributed by atoms with E-state index < -0.39 is 35.3 Å². The second-order valence-corrected chi connectivity index (χ2v) is 23.2. The first-order valence-electron chi connectivity index (χ1n) is 28.3. The van der Waals surface area contributed by atoms with Crippen LogP contribution in [0, 0.1) is 23.7 Å². The highest BCUT2D eigenvalue weighted by Crippen LogP contribution is 2.58. The van der Waals surface area contributed by atoms with E-state index in [9.17, 15) is 49.2 Å². The van der Waals surface area contributed by atoms with Gasteiger partial charge in [-0.25, -0.2) is 9.48 Å². The van der Waals surface area contributed by atoms with Crippen molar-refractivity contribution in [3.05, 3.63) is 59.3 Å². The smallest absolute Gasteiger partial charge is 0.330 e. The molecule has 2 aromatic carbocycles. The molecular weight excluding hydrogens is 1030 g/mol. The maximum Gasteiger partial charge on any atom is 0.330 e. The molecule has 0 unspecified atom stereocenters. The van der Waals surface area contributed by atoms with Crippen molar-refractivity contribution in [2.75, 3.05) is 140 Å². The molecule has 440 valence electrons. The van der Waals surface area contributed by atoms with E-state index in [-0.39, 0.29) is 55.5 Å². The van der Waals surface area contributed by atoms with Crippen LogP contribution in [-0.2, 0) is 30.5 Å². The van der Waals surface area contributed by atoms with Gasteiger partial charge >= 0.3 is 23.9 Å². The number of nitrogens with one attached hydrogen (secondary N) is 1. The number of carbonyl (C=O) groups excluding carboxylic acids is 2. The zero-order chi connectivity index (χ0) is 57.8. The molecule has 80 heavy (non-hydrogen) atoms. The molecule has 3 aromatic rings. The number of nitrogens with zero attached hydrogens (tertiary/aromatic N) is 9. The SMILES string of the molecule is COc1cccc(OC)c1-c1cc(C(=O)NC2(C(=O)O)C3CC4CC(C3)CC2C4)nn1-c1ccc(CN(C)CCCN(C)CCCN(C)C(=O)CN2CCN(CC(=O)O)CCN(CC(=O)O)CCN(CC(=O)O)CC2)cc1C(C)C. The molecule has 2 amide bonds. The number of aromatic nitrogens is 2. The first kappa shape index (κ1) is 61.4. The van der Waals surface area contributed by atoms with E-state index in [1.807, 2.05) is 29.2 Å². The number of aliphatic carboxylic acids is 4. The van der Waals surface area contributed by atoms with Crippen LogP contribution in [-0.4, -0.2) is 246 Å². The van der Waals surface area contributed by atoms with E-state index in [1.165, 1.54) is 0 Å². The minimum atomic E-state index is -1.34. The van der Waals surface area contributed by atoms with Crippen LogP contribution in [0.4, 0.5) is 0 Å². The summed E-state index contributed by atoms with van der Waals surface area (Å²) in [5.74, 6) is -2.67. The van der Waals surface area contributed by atoms with Gasteiger partial charge in [0.2, 0.25) is 5.91 Å². The van der Waals surface area contributed by atoms with Crippen molar-refractivity contribution in [2.45, 2.75) is 76.8 Å². The Morgan fingerprint density at radius 3 is 1.59 bits per heavy atom. The Morgan fingerprint density at radius 1 is 0.650 bits per heavy atom. The lowest BCUT2D eigenvalue weighted by Gasteiger charge is -2.59. The highest BCUT2D eigenvalue weighted by molar-refractivity contribution is 5.98. The Kier molecular flexibility index (Phi) is 21.5.